The van der Waals surface area contributed by atoms with Crippen molar-refractivity contribution in [1.82, 2.24) is 4.72 Å². The summed E-state index contributed by atoms with van der Waals surface area (Å²) >= 11 is 0. The van der Waals surface area contributed by atoms with Gasteiger partial charge in [-0.05, 0) is 153 Å². The van der Waals surface area contributed by atoms with Crippen LogP contribution in [0.15, 0.2) is 4.40 Å². The molecule has 2 aliphatic carbocycles. The summed E-state index contributed by atoms with van der Waals surface area (Å²) in [6, 6.07) is 0. The maximum atomic E-state index is 12.3. The van der Waals surface area contributed by atoms with Gasteiger partial charge in [0.15, 0.2) is 0 Å². The quantitative estimate of drug-likeness (QED) is 0.286. The number of carbonyl (C=O) groups excluding carboxylic acids is 2. The number of nitrogens with zero attached hydrogens (tertiary/aromatic N) is 1. The van der Waals surface area contributed by atoms with E-state index in [9.17, 15) is 18.0 Å². The number of rotatable bonds is 7. The van der Waals surface area contributed by atoms with Crippen molar-refractivity contribution >= 4 is 39.6 Å². The average molecular weight is 647 g/mol. The zero-order valence-corrected chi connectivity index (χ0v) is 31.1. The molecule has 2 fully saturated rings. The Balaban J connectivity index is 0.000000430. The number of hydrogen-bond donors (Lipinski definition) is 1. The van der Waals surface area contributed by atoms with E-state index < -0.39 is 33.2 Å². The Morgan fingerprint density at radius 3 is 1.49 bits per heavy atom. The predicted molar refractivity (Wildman–Crippen MR) is 180 cm³/mol. The highest BCUT2D eigenvalue weighted by Gasteiger charge is 2.36. The van der Waals surface area contributed by atoms with Gasteiger partial charge in [0.2, 0.25) is 0 Å². The van der Waals surface area contributed by atoms with Gasteiger partial charge in [-0.2, -0.15) is 4.40 Å². The van der Waals surface area contributed by atoms with E-state index in [0.717, 1.165) is 57.1 Å². The molecule has 0 radical (unpaired) electrons. The SMILES string of the molecule is CC(C)(C)OC(=O)CC1CCC(=NS(=O)C(C)(C)C)CC1.CC1(NS(=O)C(C)(C)C)CCC(CC(=O)OC(C)(C)C)CC1. The highest BCUT2D eigenvalue weighted by Crippen LogP contribution is 2.35. The van der Waals surface area contributed by atoms with Crippen molar-refractivity contribution < 1.29 is 27.5 Å². The van der Waals surface area contributed by atoms with Gasteiger partial charge in [0.25, 0.3) is 0 Å². The largest absolute Gasteiger partial charge is 0.460 e. The van der Waals surface area contributed by atoms with Crippen LogP contribution in [0.4, 0.5) is 0 Å². The Morgan fingerprint density at radius 1 is 0.744 bits per heavy atom. The number of hydrogen-bond acceptors (Lipinski definition) is 6. The summed E-state index contributed by atoms with van der Waals surface area (Å²) in [7, 11) is -2.23. The smallest absolute Gasteiger partial charge is 0.306 e. The molecule has 0 aliphatic heterocycles. The molecule has 2 saturated carbocycles. The van der Waals surface area contributed by atoms with Crippen LogP contribution in [0, 0.1) is 11.8 Å². The summed E-state index contributed by atoms with van der Waals surface area (Å²) in [6.07, 6.45) is 8.37. The first kappa shape index (κ1) is 39.9. The fourth-order valence-electron chi connectivity index (χ4n) is 4.80. The van der Waals surface area contributed by atoms with Gasteiger partial charge < -0.3 is 9.47 Å². The normalized spacial score (nSPS) is 25.1. The molecule has 2 atom stereocenters. The molecule has 8 nitrogen and oxygen atoms in total. The van der Waals surface area contributed by atoms with Crippen LogP contribution < -0.4 is 4.72 Å². The minimum atomic E-state index is -1.17. The molecule has 1 N–H and O–H groups in total. The minimum absolute atomic E-state index is 0.0947. The van der Waals surface area contributed by atoms with E-state index in [4.69, 9.17) is 9.47 Å². The monoisotopic (exact) mass is 646 g/mol. The Morgan fingerprint density at radius 2 is 1.14 bits per heavy atom. The molecular formula is C33H62N2O6S2. The summed E-state index contributed by atoms with van der Waals surface area (Å²) in [5.74, 6) is 0.521. The molecule has 252 valence electrons. The van der Waals surface area contributed by atoms with Crippen LogP contribution in [0.2, 0.25) is 0 Å². The third kappa shape index (κ3) is 17.2. The highest BCUT2D eigenvalue weighted by molar-refractivity contribution is 7.85. The first-order valence-electron chi connectivity index (χ1n) is 15.9. The van der Waals surface area contributed by atoms with Crippen LogP contribution in [-0.4, -0.2) is 52.3 Å². The Labute approximate surface area is 267 Å². The van der Waals surface area contributed by atoms with Crippen molar-refractivity contribution in [2.75, 3.05) is 0 Å². The molecule has 0 aromatic carbocycles. The molecule has 0 amide bonds. The third-order valence-corrected chi connectivity index (χ3v) is 10.5. The predicted octanol–water partition coefficient (Wildman–Crippen LogP) is 7.53. The van der Waals surface area contributed by atoms with Crippen LogP contribution in [0.25, 0.3) is 0 Å². The first-order valence-corrected chi connectivity index (χ1v) is 18.2. The molecule has 0 aromatic rings. The molecule has 10 heteroatoms. The van der Waals surface area contributed by atoms with Crippen molar-refractivity contribution in [3.05, 3.63) is 0 Å². The second kappa shape index (κ2) is 15.9. The van der Waals surface area contributed by atoms with Gasteiger partial charge in [-0.1, -0.05) is 0 Å². The lowest BCUT2D eigenvalue weighted by molar-refractivity contribution is -0.157. The maximum Gasteiger partial charge on any atom is 0.306 e. The van der Waals surface area contributed by atoms with E-state index in [1.165, 1.54) is 0 Å². The van der Waals surface area contributed by atoms with Crippen molar-refractivity contribution in [1.29, 1.82) is 0 Å². The van der Waals surface area contributed by atoms with Gasteiger partial charge in [0, 0.05) is 24.1 Å². The van der Waals surface area contributed by atoms with Crippen molar-refractivity contribution in [2.45, 2.75) is 180 Å². The highest BCUT2D eigenvalue weighted by atomic mass is 32.2. The Kier molecular flexibility index (Phi) is 14.8. The van der Waals surface area contributed by atoms with E-state index >= 15 is 0 Å². The average Bonchev–Trinajstić information content (AvgIpc) is 2.78. The van der Waals surface area contributed by atoms with Crippen LogP contribution in [0.1, 0.15) is 154 Å². The molecule has 0 saturated heterocycles. The van der Waals surface area contributed by atoms with E-state index in [1.807, 2.05) is 83.1 Å². The summed E-state index contributed by atoms with van der Waals surface area (Å²) in [5, 5.41) is 0. The lowest BCUT2D eigenvalue weighted by Gasteiger charge is -2.39. The van der Waals surface area contributed by atoms with E-state index in [1.54, 1.807) is 0 Å². The summed E-state index contributed by atoms with van der Waals surface area (Å²) < 4.78 is 42.1. The van der Waals surface area contributed by atoms with Crippen LogP contribution in [0.5, 0.6) is 0 Å². The first-order chi connectivity index (χ1) is 19.3. The summed E-state index contributed by atoms with van der Waals surface area (Å²) in [4.78, 5) is 23.7. The van der Waals surface area contributed by atoms with Gasteiger partial charge in [-0.3, -0.25) is 9.59 Å². The molecule has 0 spiro atoms. The van der Waals surface area contributed by atoms with Crippen molar-refractivity contribution in [3.8, 4) is 0 Å². The third-order valence-electron chi connectivity index (χ3n) is 7.27. The van der Waals surface area contributed by atoms with E-state index in [0.29, 0.717) is 24.7 Å². The van der Waals surface area contributed by atoms with E-state index in [-0.39, 0.29) is 27.0 Å². The summed E-state index contributed by atoms with van der Waals surface area (Å²) in [6.45, 7) is 25.2. The Hall–Kier alpha value is -1.13. The Bertz CT molecular complexity index is 994. The zero-order valence-electron chi connectivity index (χ0n) is 29.4. The molecular weight excluding hydrogens is 585 g/mol. The van der Waals surface area contributed by atoms with Gasteiger partial charge in [-0.25, -0.2) is 13.1 Å². The maximum absolute atomic E-state index is 12.3. The molecule has 2 aliphatic rings. The lowest BCUT2D eigenvalue weighted by Crippen LogP contribution is -2.50. The van der Waals surface area contributed by atoms with Gasteiger partial charge in [0.1, 0.15) is 22.2 Å². The lowest BCUT2D eigenvalue weighted by atomic mass is 9.77. The van der Waals surface area contributed by atoms with Gasteiger partial charge >= 0.3 is 11.9 Å². The molecule has 0 bridgehead atoms. The molecule has 0 heterocycles. The standard InChI is InChI=1S/C17H33NO3S.C16H29NO3S/c1-15(2,3)21-14(19)12-13-8-10-17(7,11-9-13)18-22(20)16(4,5)6;1-15(2,3)20-14(18)11-12-7-9-13(10-8-12)17-21(19)16(4,5)6/h13,18H,8-12H2,1-7H3;12H,7-11H2,1-6H3. The zero-order chi connectivity index (χ0) is 33.4. The minimum Gasteiger partial charge on any atom is -0.460 e. The van der Waals surface area contributed by atoms with E-state index in [2.05, 4.69) is 16.0 Å². The topological polar surface area (TPSA) is 111 Å². The van der Waals surface area contributed by atoms with Crippen molar-refractivity contribution in [3.63, 3.8) is 0 Å². The molecule has 2 unspecified atom stereocenters. The van der Waals surface area contributed by atoms with Crippen molar-refractivity contribution in [2.24, 2.45) is 16.2 Å². The van der Waals surface area contributed by atoms with Gasteiger partial charge in [0.05, 0.1) is 20.5 Å². The van der Waals surface area contributed by atoms with Crippen LogP contribution in [0.3, 0.4) is 0 Å². The second-order valence-electron chi connectivity index (χ2n) is 16.5. The summed E-state index contributed by atoms with van der Waals surface area (Å²) in [5.41, 5.74) is 0.111. The fourth-order valence-corrected chi connectivity index (χ4v) is 6.44. The second-order valence-corrected chi connectivity index (χ2v) is 20.4. The number of nitrogens with one attached hydrogen (secondary N) is 1. The molecule has 43 heavy (non-hydrogen) atoms. The van der Waals surface area contributed by atoms with Crippen LogP contribution >= 0.6 is 0 Å². The van der Waals surface area contributed by atoms with Crippen LogP contribution in [-0.2, 0) is 41.0 Å². The number of carbonyl (C=O) groups is 2. The number of ether oxygens (including phenoxy) is 2. The van der Waals surface area contributed by atoms with Gasteiger partial charge in [-0.15, -0.1) is 0 Å². The number of esters is 2. The molecule has 2 rings (SSSR count). The fraction of sp³-hybridized carbons (Fsp3) is 0.909. The molecule has 0 aromatic heterocycles.